The lowest BCUT2D eigenvalue weighted by Crippen LogP contribution is -1.97. The zero-order chi connectivity index (χ0) is 21.2. The summed E-state index contributed by atoms with van der Waals surface area (Å²) >= 11 is 0. The number of aryl methyl sites for hydroxylation is 1. The molecule has 0 saturated carbocycles. The van der Waals surface area contributed by atoms with Crippen LogP contribution in [0.2, 0.25) is 0 Å². The van der Waals surface area contributed by atoms with Gasteiger partial charge >= 0.3 is 5.97 Å². The van der Waals surface area contributed by atoms with Crippen LogP contribution in [-0.4, -0.2) is 11.1 Å². The molecule has 2 rings (SSSR count). The second-order valence-electron chi connectivity index (χ2n) is 8.07. The van der Waals surface area contributed by atoms with E-state index < -0.39 is 5.97 Å². The monoisotopic (exact) mass is 398 g/mol. The van der Waals surface area contributed by atoms with Crippen LogP contribution in [0.4, 0.5) is 0 Å². The number of hydrogen-bond acceptors (Lipinski definition) is 4. The highest BCUT2D eigenvalue weighted by Gasteiger charge is 2.26. The maximum absolute atomic E-state index is 11.4. The number of rotatable bonds is 11. The SMILES string of the molecule is CC(=CCCC(C)C=C1OC(=O)C(C)=C1O)CCCC=C(C)CCc1ccoc1. The zero-order valence-electron chi connectivity index (χ0n) is 18.2. The van der Waals surface area contributed by atoms with Crippen LogP contribution >= 0.6 is 0 Å². The third-order valence-electron chi connectivity index (χ3n) is 5.30. The minimum atomic E-state index is -0.456. The minimum absolute atomic E-state index is 0.0262. The Balaban J connectivity index is 1.63. The van der Waals surface area contributed by atoms with Crippen molar-refractivity contribution in [2.75, 3.05) is 0 Å². The molecule has 1 N–H and O–H groups in total. The summed E-state index contributed by atoms with van der Waals surface area (Å²) in [5, 5.41) is 9.88. The van der Waals surface area contributed by atoms with Crippen LogP contribution in [0.5, 0.6) is 0 Å². The molecule has 158 valence electrons. The second kappa shape index (κ2) is 11.5. The van der Waals surface area contributed by atoms with Crippen LogP contribution in [0.15, 0.2) is 69.5 Å². The lowest BCUT2D eigenvalue weighted by molar-refractivity contribution is -0.133. The van der Waals surface area contributed by atoms with E-state index in [4.69, 9.17) is 9.15 Å². The quantitative estimate of drug-likeness (QED) is 0.248. The molecule has 0 fully saturated rings. The van der Waals surface area contributed by atoms with Gasteiger partial charge in [-0.1, -0.05) is 30.2 Å². The lowest BCUT2D eigenvalue weighted by Gasteiger charge is -2.07. The normalized spacial score (nSPS) is 17.9. The van der Waals surface area contributed by atoms with Crippen molar-refractivity contribution in [3.05, 3.63) is 70.6 Å². The van der Waals surface area contributed by atoms with Crippen molar-refractivity contribution in [3.8, 4) is 0 Å². The molecule has 2 heterocycles. The molecule has 1 unspecified atom stereocenters. The highest BCUT2D eigenvalue weighted by molar-refractivity contribution is 5.93. The Morgan fingerprint density at radius 3 is 2.55 bits per heavy atom. The van der Waals surface area contributed by atoms with E-state index in [0.29, 0.717) is 5.76 Å². The number of allylic oxidation sites excluding steroid dienone is 5. The van der Waals surface area contributed by atoms with E-state index in [9.17, 15) is 9.90 Å². The van der Waals surface area contributed by atoms with Gasteiger partial charge in [-0.15, -0.1) is 0 Å². The van der Waals surface area contributed by atoms with E-state index >= 15 is 0 Å². The molecule has 0 bridgehead atoms. The summed E-state index contributed by atoms with van der Waals surface area (Å²) < 4.78 is 10.2. The first-order valence-electron chi connectivity index (χ1n) is 10.5. The van der Waals surface area contributed by atoms with Crippen molar-refractivity contribution in [1.29, 1.82) is 0 Å². The van der Waals surface area contributed by atoms with Crippen LogP contribution in [0.25, 0.3) is 0 Å². The van der Waals surface area contributed by atoms with Crippen LogP contribution in [0.3, 0.4) is 0 Å². The first-order valence-corrected chi connectivity index (χ1v) is 10.5. The van der Waals surface area contributed by atoms with E-state index in [1.165, 1.54) is 23.1 Å². The average molecular weight is 399 g/mol. The zero-order valence-corrected chi connectivity index (χ0v) is 18.2. The molecule has 1 aromatic rings. The molecular weight excluding hydrogens is 364 g/mol. The number of unbranched alkanes of at least 4 members (excludes halogenated alkanes) is 1. The summed E-state index contributed by atoms with van der Waals surface area (Å²) in [6.07, 6.45) is 17.5. The van der Waals surface area contributed by atoms with E-state index in [1.54, 1.807) is 13.2 Å². The van der Waals surface area contributed by atoms with Crippen molar-refractivity contribution in [3.63, 3.8) is 0 Å². The van der Waals surface area contributed by atoms with E-state index in [-0.39, 0.29) is 17.3 Å². The largest absolute Gasteiger partial charge is 0.504 e. The number of ether oxygens (including phenoxy) is 1. The summed E-state index contributed by atoms with van der Waals surface area (Å²) in [5.41, 5.74) is 4.40. The summed E-state index contributed by atoms with van der Waals surface area (Å²) in [4.78, 5) is 11.4. The van der Waals surface area contributed by atoms with Gasteiger partial charge in [0, 0.05) is 0 Å². The van der Waals surface area contributed by atoms with Crippen molar-refractivity contribution in [2.24, 2.45) is 5.92 Å². The second-order valence-corrected chi connectivity index (χ2v) is 8.07. The van der Waals surface area contributed by atoms with Gasteiger partial charge in [0.1, 0.15) is 0 Å². The number of esters is 1. The number of hydrogen-bond donors (Lipinski definition) is 1. The molecule has 0 aromatic carbocycles. The Bertz CT molecular complexity index is 791. The van der Waals surface area contributed by atoms with Gasteiger partial charge in [0.2, 0.25) is 0 Å². The summed E-state index contributed by atoms with van der Waals surface area (Å²) in [7, 11) is 0. The standard InChI is InChI=1S/C25H34O4/c1-18(8-5-6-9-19(2)12-13-22-14-15-28-17-22)10-7-11-20(3)16-23-24(26)21(4)25(27)29-23/h9-10,14-17,20,26H,5-8,11-13H2,1-4H3. The van der Waals surface area contributed by atoms with E-state index in [1.807, 2.05) is 18.4 Å². The van der Waals surface area contributed by atoms with Crippen LogP contribution in [0.1, 0.15) is 71.8 Å². The van der Waals surface area contributed by atoms with Gasteiger partial charge in [0.05, 0.1) is 18.1 Å². The topological polar surface area (TPSA) is 59.7 Å². The number of carbonyl (C=O) groups excluding carboxylic acids is 1. The van der Waals surface area contributed by atoms with E-state index in [2.05, 4.69) is 32.9 Å². The van der Waals surface area contributed by atoms with Crippen LogP contribution in [-0.2, 0) is 16.0 Å². The molecule has 0 saturated heterocycles. The van der Waals surface area contributed by atoms with Gasteiger partial charge in [0.15, 0.2) is 11.5 Å². The molecule has 4 nitrogen and oxygen atoms in total. The van der Waals surface area contributed by atoms with Gasteiger partial charge in [0.25, 0.3) is 0 Å². The maximum Gasteiger partial charge on any atom is 0.343 e. The predicted octanol–water partition coefficient (Wildman–Crippen LogP) is 6.96. The van der Waals surface area contributed by atoms with Gasteiger partial charge in [-0.25, -0.2) is 4.79 Å². The minimum Gasteiger partial charge on any atom is -0.504 e. The third-order valence-corrected chi connectivity index (χ3v) is 5.30. The maximum atomic E-state index is 11.4. The number of aliphatic hydroxyl groups is 1. The van der Waals surface area contributed by atoms with E-state index in [0.717, 1.165) is 38.5 Å². The lowest BCUT2D eigenvalue weighted by atomic mass is 10.0. The molecule has 1 atom stereocenters. The number of carbonyl (C=O) groups is 1. The predicted molar refractivity (Wildman–Crippen MR) is 116 cm³/mol. The molecular formula is C25H34O4. The number of furan rings is 1. The molecule has 1 aliphatic rings. The molecule has 29 heavy (non-hydrogen) atoms. The van der Waals surface area contributed by atoms with Crippen LogP contribution in [0, 0.1) is 5.92 Å². The fourth-order valence-corrected chi connectivity index (χ4v) is 3.26. The summed E-state index contributed by atoms with van der Waals surface area (Å²) in [6.45, 7) is 8.04. The van der Waals surface area contributed by atoms with Crippen molar-refractivity contribution >= 4 is 5.97 Å². The third kappa shape index (κ3) is 7.80. The fourth-order valence-electron chi connectivity index (χ4n) is 3.26. The molecule has 1 aromatic heterocycles. The van der Waals surface area contributed by atoms with Gasteiger partial charge in [-0.05, 0) is 89.3 Å². The summed E-state index contributed by atoms with van der Waals surface area (Å²) in [5.74, 6) is 0.0514. The Hall–Kier alpha value is -2.49. The van der Waals surface area contributed by atoms with Crippen molar-refractivity contribution < 1.29 is 19.1 Å². The first kappa shape index (κ1) is 22.8. The molecule has 1 aliphatic heterocycles. The Morgan fingerprint density at radius 2 is 1.90 bits per heavy atom. The molecule has 0 spiro atoms. The molecule has 0 radical (unpaired) electrons. The average Bonchev–Trinajstić information content (AvgIpc) is 3.28. The van der Waals surface area contributed by atoms with Crippen molar-refractivity contribution in [2.45, 2.75) is 72.6 Å². The molecule has 4 heteroatoms. The highest BCUT2D eigenvalue weighted by Crippen LogP contribution is 2.26. The summed E-state index contributed by atoms with van der Waals surface area (Å²) in [6, 6.07) is 2.03. The smallest absolute Gasteiger partial charge is 0.343 e. The number of aliphatic hydroxyl groups excluding tert-OH is 1. The van der Waals surface area contributed by atoms with Gasteiger partial charge in [-0.3, -0.25) is 0 Å². The Kier molecular flexibility index (Phi) is 9.04. The fraction of sp³-hybridized carbons (Fsp3) is 0.480. The molecule has 0 amide bonds. The first-order chi connectivity index (χ1) is 13.9. The van der Waals surface area contributed by atoms with Gasteiger partial charge < -0.3 is 14.3 Å². The molecule has 0 aliphatic carbocycles. The highest BCUT2D eigenvalue weighted by atomic mass is 16.6. The van der Waals surface area contributed by atoms with Crippen molar-refractivity contribution in [1.82, 2.24) is 0 Å². The number of cyclic esters (lactones) is 1. The van der Waals surface area contributed by atoms with Crippen LogP contribution < -0.4 is 0 Å². The Morgan fingerprint density at radius 1 is 1.17 bits per heavy atom. The van der Waals surface area contributed by atoms with Gasteiger partial charge in [-0.2, -0.15) is 0 Å². The Labute approximate surface area is 174 Å².